The third kappa shape index (κ3) is 2.16. The largest absolute Gasteiger partial charge is 0.384 e. The number of pyridine rings is 1. The summed E-state index contributed by atoms with van der Waals surface area (Å²) in [6.07, 6.45) is 5.50. The lowest BCUT2D eigenvalue weighted by atomic mass is 9.97. The Hall–Kier alpha value is -1.67. The maximum atomic E-state index is 10.5. The van der Waals surface area contributed by atoms with E-state index in [1.54, 1.807) is 12.4 Å². The summed E-state index contributed by atoms with van der Waals surface area (Å²) in [5.74, 6) is 0.715. The number of benzene rings is 1. The van der Waals surface area contributed by atoms with Crippen molar-refractivity contribution < 1.29 is 5.11 Å². The van der Waals surface area contributed by atoms with Crippen LogP contribution in [0.2, 0.25) is 0 Å². The Bertz CT molecular complexity index is 561. The van der Waals surface area contributed by atoms with Crippen LogP contribution in [0.4, 0.5) is 0 Å². The maximum Gasteiger partial charge on any atom is 0.106 e. The predicted octanol–water partition coefficient (Wildman–Crippen LogP) is 3.35. The van der Waals surface area contributed by atoms with Gasteiger partial charge in [0.2, 0.25) is 0 Å². The van der Waals surface area contributed by atoms with Crippen molar-refractivity contribution in [3.8, 4) is 0 Å². The van der Waals surface area contributed by atoms with Gasteiger partial charge in [-0.2, -0.15) is 0 Å². The summed E-state index contributed by atoms with van der Waals surface area (Å²) in [4.78, 5) is 4.10. The van der Waals surface area contributed by atoms with Crippen molar-refractivity contribution >= 4 is 0 Å². The van der Waals surface area contributed by atoms with E-state index in [2.05, 4.69) is 17.1 Å². The molecule has 1 fully saturated rings. The summed E-state index contributed by atoms with van der Waals surface area (Å²) in [6.45, 7) is 2.00. The molecule has 18 heavy (non-hydrogen) atoms. The molecule has 0 bridgehead atoms. The van der Waals surface area contributed by atoms with Gasteiger partial charge >= 0.3 is 0 Å². The first-order valence-corrected chi connectivity index (χ1v) is 6.44. The Kier molecular flexibility index (Phi) is 2.88. The average molecular weight is 239 g/mol. The maximum absolute atomic E-state index is 10.5. The van der Waals surface area contributed by atoms with Crippen molar-refractivity contribution in [3.63, 3.8) is 0 Å². The van der Waals surface area contributed by atoms with Crippen molar-refractivity contribution in [3.05, 3.63) is 65.0 Å². The molecule has 0 aliphatic heterocycles. The Morgan fingerprint density at radius 3 is 2.83 bits per heavy atom. The van der Waals surface area contributed by atoms with Crippen LogP contribution in [0, 0.1) is 6.92 Å². The molecule has 1 atom stereocenters. The topological polar surface area (TPSA) is 33.1 Å². The zero-order valence-corrected chi connectivity index (χ0v) is 10.5. The zero-order valence-electron chi connectivity index (χ0n) is 10.5. The summed E-state index contributed by atoms with van der Waals surface area (Å²) in [7, 11) is 0. The molecule has 1 aromatic carbocycles. The number of aliphatic hydroxyl groups excluding tert-OH is 1. The van der Waals surface area contributed by atoms with Crippen LogP contribution in [0.15, 0.2) is 42.7 Å². The second kappa shape index (κ2) is 4.54. The van der Waals surface area contributed by atoms with E-state index >= 15 is 0 Å². The zero-order chi connectivity index (χ0) is 12.5. The lowest BCUT2D eigenvalue weighted by molar-refractivity contribution is 0.219. The molecule has 3 rings (SSSR count). The van der Waals surface area contributed by atoms with E-state index in [1.807, 2.05) is 25.1 Å². The van der Waals surface area contributed by atoms with E-state index in [1.165, 1.54) is 18.4 Å². The minimum Gasteiger partial charge on any atom is -0.384 e. The second-order valence-electron chi connectivity index (χ2n) is 5.08. The summed E-state index contributed by atoms with van der Waals surface area (Å²) in [5, 5.41) is 10.5. The van der Waals surface area contributed by atoms with E-state index < -0.39 is 6.10 Å². The fraction of sp³-hybridized carbons (Fsp3) is 0.312. The van der Waals surface area contributed by atoms with Crippen LogP contribution >= 0.6 is 0 Å². The quantitative estimate of drug-likeness (QED) is 0.891. The number of aromatic nitrogens is 1. The number of aliphatic hydroxyl groups is 1. The van der Waals surface area contributed by atoms with Gasteiger partial charge in [0.15, 0.2) is 0 Å². The van der Waals surface area contributed by atoms with Crippen molar-refractivity contribution in [2.45, 2.75) is 31.8 Å². The van der Waals surface area contributed by atoms with E-state index in [-0.39, 0.29) is 0 Å². The SMILES string of the molecule is Cc1ccncc1C(O)c1cccc(C2CC2)c1. The Morgan fingerprint density at radius 2 is 2.11 bits per heavy atom. The number of nitrogens with zero attached hydrogens (tertiary/aromatic N) is 1. The normalized spacial score (nSPS) is 16.6. The lowest BCUT2D eigenvalue weighted by Crippen LogP contribution is -2.03. The Balaban J connectivity index is 1.94. The van der Waals surface area contributed by atoms with Crippen LogP contribution in [0.1, 0.15) is 47.1 Å². The van der Waals surface area contributed by atoms with Gasteiger partial charge in [0.1, 0.15) is 6.10 Å². The molecular weight excluding hydrogens is 222 g/mol. The van der Waals surface area contributed by atoms with Crippen LogP contribution in [0.3, 0.4) is 0 Å². The van der Waals surface area contributed by atoms with Crippen LogP contribution in [0.25, 0.3) is 0 Å². The van der Waals surface area contributed by atoms with Gasteiger partial charge in [0.25, 0.3) is 0 Å². The fourth-order valence-corrected chi connectivity index (χ4v) is 2.34. The number of rotatable bonds is 3. The van der Waals surface area contributed by atoms with Crippen LogP contribution in [0.5, 0.6) is 0 Å². The Morgan fingerprint density at radius 1 is 1.28 bits per heavy atom. The Labute approximate surface area is 107 Å². The lowest BCUT2D eigenvalue weighted by Gasteiger charge is -2.14. The molecule has 2 aromatic rings. The average Bonchev–Trinajstić information content (AvgIpc) is 3.23. The van der Waals surface area contributed by atoms with Crippen LogP contribution < -0.4 is 0 Å². The monoisotopic (exact) mass is 239 g/mol. The van der Waals surface area contributed by atoms with Gasteiger partial charge in [0.05, 0.1) is 0 Å². The summed E-state index contributed by atoms with van der Waals surface area (Å²) < 4.78 is 0. The van der Waals surface area contributed by atoms with Crippen molar-refractivity contribution in [1.82, 2.24) is 4.98 Å². The van der Waals surface area contributed by atoms with Gasteiger partial charge in [-0.1, -0.05) is 24.3 Å². The van der Waals surface area contributed by atoms with Gasteiger partial charge in [-0.25, -0.2) is 0 Å². The first-order valence-electron chi connectivity index (χ1n) is 6.44. The van der Waals surface area contributed by atoms with Crippen molar-refractivity contribution in [1.29, 1.82) is 0 Å². The third-order valence-corrected chi connectivity index (χ3v) is 3.65. The molecule has 0 amide bonds. The van der Waals surface area contributed by atoms with Crippen molar-refractivity contribution in [2.24, 2.45) is 0 Å². The highest BCUT2D eigenvalue weighted by Crippen LogP contribution is 2.40. The van der Waals surface area contributed by atoms with Gasteiger partial charge in [-0.3, -0.25) is 4.98 Å². The molecule has 0 radical (unpaired) electrons. The molecule has 1 unspecified atom stereocenters. The summed E-state index contributed by atoms with van der Waals surface area (Å²) >= 11 is 0. The summed E-state index contributed by atoms with van der Waals surface area (Å²) in [5.41, 5.74) is 4.29. The van der Waals surface area contributed by atoms with E-state index in [0.717, 1.165) is 16.7 Å². The smallest absolute Gasteiger partial charge is 0.106 e. The van der Waals surface area contributed by atoms with Crippen LogP contribution in [-0.2, 0) is 0 Å². The molecule has 0 saturated heterocycles. The molecule has 1 saturated carbocycles. The third-order valence-electron chi connectivity index (χ3n) is 3.65. The minimum absolute atomic E-state index is 0.572. The molecule has 2 heteroatoms. The summed E-state index contributed by atoms with van der Waals surface area (Å²) in [6, 6.07) is 10.3. The second-order valence-corrected chi connectivity index (χ2v) is 5.08. The number of hydrogen-bond donors (Lipinski definition) is 1. The number of hydrogen-bond acceptors (Lipinski definition) is 2. The van der Waals surface area contributed by atoms with Gasteiger partial charge in [0, 0.05) is 18.0 Å². The molecule has 1 heterocycles. The fourth-order valence-electron chi connectivity index (χ4n) is 2.34. The molecule has 1 aliphatic rings. The first-order chi connectivity index (χ1) is 8.75. The molecule has 0 spiro atoms. The molecule has 1 aliphatic carbocycles. The predicted molar refractivity (Wildman–Crippen MR) is 71.5 cm³/mol. The number of aryl methyl sites for hydroxylation is 1. The van der Waals surface area contributed by atoms with E-state index in [9.17, 15) is 5.11 Å². The minimum atomic E-state index is -0.572. The molecule has 2 nitrogen and oxygen atoms in total. The molecule has 1 N–H and O–H groups in total. The standard InChI is InChI=1S/C16H17NO/c1-11-7-8-17-10-15(11)16(18)14-4-2-3-13(9-14)12-5-6-12/h2-4,7-10,12,16,18H,5-6H2,1H3. The van der Waals surface area contributed by atoms with E-state index in [4.69, 9.17) is 0 Å². The van der Waals surface area contributed by atoms with Gasteiger partial charge in [-0.15, -0.1) is 0 Å². The highest BCUT2D eigenvalue weighted by Gasteiger charge is 2.24. The molecular formula is C16H17NO. The van der Waals surface area contributed by atoms with Crippen molar-refractivity contribution in [2.75, 3.05) is 0 Å². The van der Waals surface area contributed by atoms with Gasteiger partial charge in [-0.05, 0) is 48.4 Å². The van der Waals surface area contributed by atoms with E-state index in [0.29, 0.717) is 5.92 Å². The van der Waals surface area contributed by atoms with Crippen LogP contribution in [-0.4, -0.2) is 10.1 Å². The highest BCUT2D eigenvalue weighted by atomic mass is 16.3. The molecule has 1 aromatic heterocycles. The molecule has 92 valence electrons. The van der Waals surface area contributed by atoms with Gasteiger partial charge < -0.3 is 5.11 Å². The highest BCUT2D eigenvalue weighted by molar-refractivity contribution is 5.36. The first kappa shape index (κ1) is 11.4.